The molecule has 0 aliphatic carbocycles. The molecule has 1 aromatic heterocycles. The molecule has 0 amide bonds. The van der Waals surface area contributed by atoms with Crippen LogP contribution in [0.1, 0.15) is 18.4 Å². The maximum atomic E-state index is 5.67. The van der Waals surface area contributed by atoms with Gasteiger partial charge in [0.15, 0.2) is 0 Å². The standard InChI is InChI=1S/C20H24N2O2/c1-23-15-7-5-6-14(12-15)20-17(8-3-4-11-21)18-13-16(24-2)9-10-19(18)22-20/h5-7,9-10,12-13,22H,3-4,8,11,21H2,1-2H3. The summed E-state index contributed by atoms with van der Waals surface area (Å²) in [6.45, 7) is 0.722. The highest BCUT2D eigenvalue weighted by Crippen LogP contribution is 2.34. The molecular weight excluding hydrogens is 300 g/mol. The fraction of sp³-hybridized carbons (Fsp3) is 0.300. The van der Waals surface area contributed by atoms with E-state index in [1.54, 1.807) is 14.2 Å². The molecule has 0 aliphatic heterocycles. The average molecular weight is 324 g/mol. The molecule has 1 heterocycles. The van der Waals surface area contributed by atoms with Crippen LogP contribution in [-0.4, -0.2) is 25.7 Å². The average Bonchev–Trinajstić information content (AvgIpc) is 3.00. The Morgan fingerprint density at radius 2 is 1.75 bits per heavy atom. The number of aryl methyl sites for hydroxylation is 1. The number of nitrogens with one attached hydrogen (secondary N) is 1. The molecule has 24 heavy (non-hydrogen) atoms. The molecule has 4 nitrogen and oxygen atoms in total. The summed E-state index contributed by atoms with van der Waals surface area (Å²) in [5.74, 6) is 1.73. The lowest BCUT2D eigenvalue weighted by Gasteiger charge is -2.07. The molecule has 0 atom stereocenters. The number of aromatic amines is 1. The van der Waals surface area contributed by atoms with Crippen molar-refractivity contribution in [3.05, 3.63) is 48.0 Å². The van der Waals surface area contributed by atoms with Gasteiger partial charge in [-0.25, -0.2) is 0 Å². The van der Waals surface area contributed by atoms with Gasteiger partial charge < -0.3 is 20.2 Å². The van der Waals surface area contributed by atoms with Crippen molar-refractivity contribution in [2.24, 2.45) is 5.73 Å². The van der Waals surface area contributed by atoms with E-state index >= 15 is 0 Å². The number of rotatable bonds is 7. The molecular formula is C20H24N2O2. The number of aromatic nitrogens is 1. The number of hydrogen-bond acceptors (Lipinski definition) is 3. The van der Waals surface area contributed by atoms with Gasteiger partial charge in [0.1, 0.15) is 11.5 Å². The van der Waals surface area contributed by atoms with Crippen molar-refractivity contribution in [1.29, 1.82) is 0 Å². The van der Waals surface area contributed by atoms with Crippen LogP contribution in [0.3, 0.4) is 0 Å². The minimum Gasteiger partial charge on any atom is -0.497 e. The van der Waals surface area contributed by atoms with Gasteiger partial charge in [-0.3, -0.25) is 0 Å². The molecule has 0 spiro atoms. The first-order valence-corrected chi connectivity index (χ1v) is 8.30. The Morgan fingerprint density at radius 1 is 0.958 bits per heavy atom. The number of ether oxygens (including phenoxy) is 2. The highest BCUT2D eigenvalue weighted by Gasteiger charge is 2.14. The first-order valence-electron chi connectivity index (χ1n) is 8.30. The number of benzene rings is 2. The van der Waals surface area contributed by atoms with Gasteiger partial charge in [0.25, 0.3) is 0 Å². The van der Waals surface area contributed by atoms with Gasteiger partial charge in [-0.05, 0) is 61.7 Å². The third-order valence-electron chi connectivity index (χ3n) is 4.35. The molecule has 0 unspecified atom stereocenters. The van der Waals surface area contributed by atoms with Gasteiger partial charge in [0.2, 0.25) is 0 Å². The summed E-state index contributed by atoms with van der Waals surface area (Å²) in [6, 6.07) is 14.3. The van der Waals surface area contributed by atoms with Crippen molar-refractivity contribution in [2.45, 2.75) is 19.3 Å². The zero-order chi connectivity index (χ0) is 16.9. The Morgan fingerprint density at radius 3 is 2.50 bits per heavy atom. The summed E-state index contributed by atoms with van der Waals surface area (Å²) in [4.78, 5) is 3.57. The lowest BCUT2D eigenvalue weighted by molar-refractivity contribution is 0.415. The van der Waals surface area contributed by atoms with Gasteiger partial charge >= 0.3 is 0 Å². The molecule has 3 rings (SSSR count). The van der Waals surface area contributed by atoms with E-state index in [1.165, 1.54) is 10.9 Å². The van der Waals surface area contributed by atoms with Crippen molar-refractivity contribution in [3.8, 4) is 22.8 Å². The highest BCUT2D eigenvalue weighted by atomic mass is 16.5. The SMILES string of the molecule is COc1cccc(-c2[nH]c3ccc(OC)cc3c2CCCCN)c1. The fourth-order valence-electron chi connectivity index (χ4n) is 3.08. The number of H-pyrrole nitrogens is 1. The summed E-state index contributed by atoms with van der Waals surface area (Å²) in [5, 5.41) is 1.21. The van der Waals surface area contributed by atoms with Crippen LogP contribution in [0, 0.1) is 0 Å². The summed E-state index contributed by atoms with van der Waals surface area (Å²) in [6.07, 6.45) is 3.07. The minimum atomic E-state index is 0.722. The maximum absolute atomic E-state index is 5.67. The fourth-order valence-corrected chi connectivity index (χ4v) is 3.08. The Bertz CT molecular complexity index is 824. The van der Waals surface area contributed by atoms with Gasteiger partial charge in [-0.2, -0.15) is 0 Å². The summed E-state index contributed by atoms with van der Waals surface area (Å²) >= 11 is 0. The lowest BCUT2D eigenvalue weighted by Crippen LogP contribution is -1.99. The smallest absolute Gasteiger partial charge is 0.119 e. The van der Waals surface area contributed by atoms with Crippen molar-refractivity contribution in [1.82, 2.24) is 4.98 Å². The predicted molar refractivity (Wildman–Crippen MR) is 98.8 cm³/mol. The van der Waals surface area contributed by atoms with Crippen LogP contribution in [0.25, 0.3) is 22.2 Å². The zero-order valence-corrected chi connectivity index (χ0v) is 14.3. The molecule has 4 heteroatoms. The third kappa shape index (κ3) is 3.24. The van der Waals surface area contributed by atoms with E-state index in [4.69, 9.17) is 15.2 Å². The molecule has 0 saturated carbocycles. The highest BCUT2D eigenvalue weighted by molar-refractivity contribution is 5.92. The summed E-state index contributed by atoms with van der Waals surface area (Å²) in [7, 11) is 3.39. The number of methoxy groups -OCH3 is 2. The van der Waals surface area contributed by atoms with Crippen LogP contribution in [0.2, 0.25) is 0 Å². The van der Waals surface area contributed by atoms with Crippen LogP contribution < -0.4 is 15.2 Å². The normalized spacial score (nSPS) is 11.0. The van der Waals surface area contributed by atoms with Crippen LogP contribution in [0.4, 0.5) is 0 Å². The van der Waals surface area contributed by atoms with Gasteiger partial charge in [0.05, 0.1) is 14.2 Å². The zero-order valence-electron chi connectivity index (χ0n) is 14.3. The van der Waals surface area contributed by atoms with E-state index in [9.17, 15) is 0 Å². The summed E-state index contributed by atoms with van der Waals surface area (Å²) < 4.78 is 10.8. The Labute approximate surface area is 142 Å². The molecule has 3 aromatic rings. The molecule has 0 bridgehead atoms. The first-order chi connectivity index (χ1) is 11.8. The molecule has 0 aliphatic rings. The second-order valence-electron chi connectivity index (χ2n) is 5.87. The number of unbranched alkanes of at least 4 members (excludes halogenated alkanes) is 1. The lowest BCUT2D eigenvalue weighted by atomic mass is 10.00. The molecule has 126 valence electrons. The minimum absolute atomic E-state index is 0.722. The van der Waals surface area contributed by atoms with Crippen molar-refractivity contribution < 1.29 is 9.47 Å². The van der Waals surface area contributed by atoms with Crippen LogP contribution in [0.15, 0.2) is 42.5 Å². The first kappa shape index (κ1) is 16.4. The largest absolute Gasteiger partial charge is 0.497 e. The van der Waals surface area contributed by atoms with E-state index in [-0.39, 0.29) is 0 Å². The van der Waals surface area contributed by atoms with Crippen molar-refractivity contribution in [2.75, 3.05) is 20.8 Å². The van der Waals surface area contributed by atoms with Gasteiger partial charge in [0, 0.05) is 22.2 Å². The van der Waals surface area contributed by atoms with Gasteiger partial charge in [-0.15, -0.1) is 0 Å². The topological polar surface area (TPSA) is 60.3 Å². The third-order valence-corrected chi connectivity index (χ3v) is 4.35. The van der Waals surface area contributed by atoms with E-state index in [0.717, 1.165) is 54.1 Å². The number of nitrogens with two attached hydrogens (primary N) is 1. The van der Waals surface area contributed by atoms with Crippen LogP contribution >= 0.6 is 0 Å². The van der Waals surface area contributed by atoms with Gasteiger partial charge in [-0.1, -0.05) is 12.1 Å². The maximum Gasteiger partial charge on any atom is 0.119 e. The molecule has 2 aromatic carbocycles. The Balaban J connectivity index is 2.12. The van der Waals surface area contributed by atoms with E-state index in [0.29, 0.717) is 0 Å². The predicted octanol–water partition coefficient (Wildman–Crippen LogP) is 4.13. The molecule has 0 fully saturated rings. The van der Waals surface area contributed by atoms with Crippen LogP contribution in [-0.2, 0) is 6.42 Å². The monoisotopic (exact) mass is 324 g/mol. The second kappa shape index (κ2) is 7.41. The van der Waals surface area contributed by atoms with E-state index < -0.39 is 0 Å². The summed E-state index contributed by atoms with van der Waals surface area (Å²) in [5.41, 5.74) is 10.4. The number of hydrogen-bond donors (Lipinski definition) is 2. The number of fused-ring (bicyclic) bond motifs is 1. The van der Waals surface area contributed by atoms with E-state index in [1.807, 2.05) is 18.2 Å². The quantitative estimate of drug-likeness (QED) is 0.642. The molecule has 0 saturated heterocycles. The van der Waals surface area contributed by atoms with Crippen LogP contribution in [0.5, 0.6) is 11.5 Å². The second-order valence-corrected chi connectivity index (χ2v) is 5.87. The Hall–Kier alpha value is -2.46. The Kier molecular flexibility index (Phi) is 5.06. The van der Waals surface area contributed by atoms with E-state index in [2.05, 4.69) is 29.2 Å². The molecule has 0 radical (unpaired) electrons. The van der Waals surface area contributed by atoms with Crippen molar-refractivity contribution >= 4 is 10.9 Å². The van der Waals surface area contributed by atoms with Crippen molar-refractivity contribution in [3.63, 3.8) is 0 Å². The molecule has 3 N–H and O–H groups in total.